The second kappa shape index (κ2) is 7.59. The largest absolute Gasteiger partial charge is 0.379 e. The molecule has 3 heterocycles. The van der Waals surface area contributed by atoms with Gasteiger partial charge in [-0.1, -0.05) is 0 Å². The van der Waals surface area contributed by atoms with Crippen LogP contribution in [0.5, 0.6) is 0 Å². The summed E-state index contributed by atoms with van der Waals surface area (Å²) in [6, 6.07) is -0.487. The van der Waals surface area contributed by atoms with Crippen molar-refractivity contribution >= 4 is 11.8 Å². The third-order valence-electron chi connectivity index (χ3n) is 5.28. The fraction of sp³-hybridized carbons (Fsp3) is 0.875. The fourth-order valence-electron chi connectivity index (χ4n) is 3.90. The third kappa shape index (κ3) is 3.84. The van der Waals surface area contributed by atoms with E-state index in [1.807, 2.05) is 4.90 Å². The van der Waals surface area contributed by atoms with E-state index in [-0.39, 0.29) is 23.8 Å². The van der Waals surface area contributed by atoms with E-state index < -0.39 is 6.04 Å². The number of hydrogen-bond acceptors (Lipinski definition) is 5. The Bertz CT molecular complexity index is 439. The Hall–Kier alpha value is -1.18. The van der Waals surface area contributed by atoms with Gasteiger partial charge in [-0.05, 0) is 25.7 Å². The van der Waals surface area contributed by atoms with Gasteiger partial charge < -0.3 is 20.7 Å². The van der Waals surface area contributed by atoms with Crippen LogP contribution in [0.1, 0.15) is 25.7 Å². The molecule has 0 aromatic carbocycles. The van der Waals surface area contributed by atoms with Crippen LogP contribution in [0, 0.1) is 5.92 Å². The summed E-state index contributed by atoms with van der Waals surface area (Å²) in [4.78, 5) is 29.1. The summed E-state index contributed by atoms with van der Waals surface area (Å²) >= 11 is 0. The van der Waals surface area contributed by atoms with Crippen LogP contribution in [0.15, 0.2) is 0 Å². The molecule has 0 aromatic rings. The van der Waals surface area contributed by atoms with Crippen LogP contribution in [0.25, 0.3) is 0 Å². The Kier molecular flexibility index (Phi) is 5.50. The van der Waals surface area contributed by atoms with Crippen molar-refractivity contribution in [1.29, 1.82) is 0 Å². The lowest BCUT2D eigenvalue weighted by Gasteiger charge is -2.35. The lowest BCUT2D eigenvalue weighted by atomic mass is 9.90. The van der Waals surface area contributed by atoms with Crippen LogP contribution in [-0.2, 0) is 14.3 Å². The molecule has 7 heteroatoms. The van der Waals surface area contributed by atoms with Crippen molar-refractivity contribution in [2.45, 2.75) is 37.8 Å². The molecule has 3 atom stereocenters. The first kappa shape index (κ1) is 16.7. The zero-order valence-electron chi connectivity index (χ0n) is 13.7. The topological polar surface area (TPSA) is 87.9 Å². The van der Waals surface area contributed by atoms with E-state index in [2.05, 4.69) is 10.2 Å². The number of likely N-dealkylation sites (tertiary alicyclic amines) is 1. The minimum Gasteiger partial charge on any atom is -0.379 e. The third-order valence-corrected chi connectivity index (χ3v) is 5.28. The minimum atomic E-state index is -0.708. The second-order valence-corrected chi connectivity index (χ2v) is 6.81. The molecule has 23 heavy (non-hydrogen) atoms. The van der Waals surface area contributed by atoms with E-state index in [1.54, 1.807) is 0 Å². The van der Waals surface area contributed by atoms with Crippen LogP contribution < -0.4 is 11.1 Å². The molecule has 0 spiro atoms. The van der Waals surface area contributed by atoms with Crippen molar-refractivity contribution in [3.8, 4) is 0 Å². The number of nitrogens with zero attached hydrogens (tertiary/aromatic N) is 2. The summed E-state index contributed by atoms with van der Waals surface area (Å²) in [6.07, 6.45) is 3.65. The fourth-order valence-corrected chi connectivity index (χ4v) is 3.90. The van der Waals surface area contributed by atoms with Crippen molar-refractivity contribution in [1.82, 2.24) is 15.1 Å². The SMILES string of the molecule is NC(C(=O)N1CCC[C@H]1CN1CCOCC1)[C@H]1CCCNC1=O. The van der Waals surface area contributed by atoms with E-state index in [4.69, 9.17) is 10.5 Å². The number of rotatable bonds is 4. The molecule has 3 fully saturated rings. The molecule has 130 valence electrons. The van der Waals surface area contributed by atoms with Crippen molar-refractivity contribution in [3.05, 3.63) is 0 Å². The first-order valence-electron chi connectivity index (χ1n) is 8.80. The molecule has 0 saturated carbocycles. The molecule has 2 amide bonds. The Morgan fingerprint density at radius 2 is 2.04 bits per heavy atom. The van der Waals surface area contributed by atoms with Gasteiger partial charge in [-0.3, -0.25) is 14.5 Å². The van der Waals surface area contributed by atoms with Gasteiger partial charge in [0.05, 0.1) is 25.2 Å². The van der Waals surface area contributed by atoms with Gasteiger partial charge in [0, 0.05) is 38.8 Å². The van der Waals surface area contributed by atoms with Crippen LogP contribution in [0.3, 0.4) is 0 Å². The number of ether oxygens (including phenoxy) is 1. The van der Waals surface area contributed by atoms with Gasteiger partial charge in [0.15, 0.2) is 0 Å². The highest BCUT2D eigenvalue weighted by molar-refractivity contribution is 5.90. The number of amides is 2. The zero-order chi connectivity index (χ0) is 16.2. The van der Waals surface area contributed by atoms with Crippen molar-refractivity contribution in [2.75, 3.05) is 45.9 Å². The summed E-state index contributed by atoms with van der Waals surface area (Å²) in [6.45, 7) is 5.73. The molecule has 0 bridgehead atoms. The van der Waals surface area contributed by atoms with E-state index in [1.165, 1.54) is 0 Å². The van der Waals surface area contributed by atoms with Gasteiger partial charge >= 0.3 is 0 Å². The summed E-state index contributed by atoms with van der Waals surface area (Å²) in [5.74, 6) is -0.496. The maximum Gasteiger partial charge on any atom is 0.240 e. The van der Waals surface area contributed by atoms with Crippen LogP contribution in [0.2, 0.25) is 0 Å². The average molecular weight is 324 g/mol. The van der Waals surface area contributed by atoms with Crippen LogP contribution in [-0.4, -0.2) is 79.6 Å². The van der Waals surface area contributed by atoms with E-state index in [0.29, 0.717) is 13.0 Å². The molecular formula is C16H28N4O3. The highest BCUT2D eigenvalue weighted by atomic mass is 16.5. The molecule has 3 aliphatic heterocycles. The molecule has 1 unspecified atom stereocenters. The normalized spacial score (nSPS) is 31.0. The highest BCUT2D eigenvalue weighted by Crippen LogP contribution is 2.23. The monoisotopic (exact) mass is 324 g/mol. The number of piperidine rings is 1. The Labute approximate surface area is 137 Å². The number of carbonyl (C=O) groups is 2. The van der Waals surface area contributed by atoms with Crippen molar-refractivity contribution in [2.24, 2.45) is 11.7 Å². The molecule has 3 aliphatic rings. The summed E-state index contributed by atoms with van der Waals surface area (Å²) < 4.78 is 5.38. The van der Waals surface area contributed by atoms with Crippen molar-refractivity contribution < 1.29 is 14.3 Å². The van der Waals surface area contributed by atoms with Crippen molar-refractivity contribution in [3.63, 3.8) is 0 Å². The van der Waals surface area contributed by atoms with Crippen LogP contribution >= 0.6 is 0 Å². The zero-order valence-corrected chi connectivity index (χ0v) is 13.7. The molecule has 3 rings (SSSR count). The standard InChI is InChI=1S/C16H28N4O3/c17-14(13-4-1-5-18-15(13)21)16(22)20-6-2-3-12(20)11-19-7-9-23-10-8-19/h12-14H,1-11,17H2,(H,18,21)/t12-,13+,14?/m0/s1. The van der Waals surface area contributed by atoms with Gasteiger partial charge in [0.2, 0.25) is 11.8 Å². The number of hydrogen-bond donors (Lipinski definition) is 2. The molecule has 3 saturated heterocycles. The first-order valence-corrected chi connectivity index (χ1v) is 8.80. The number of nitrogens with one attached hydrogen (secondary N) is 1. The van der Waals surface area contributed by atoms with E-state index >= 15 is 0 Å². The van der Waals surface area contributed by atoms with Gasteiger partial charge in [0.25, 0.3) is 0 Å². The Morgan fingerprint density at radius 1 is 1.26 bits per heavy atom. The molecule has 0 radical (unpaired) electrons. The maximum atomic E-state index is 12.8. The average Bonchev–Trinajstić information content (AvgIpc) is 3.03. The maximum absolute atomic E-state index is 12.8. The molecule has 7 nitrogen and oxygen atoms in total. The second-order valence-electron chi connectivity index (χ2n) is 6.81. The first-order chi connectivity index (χ1) is 11.2. The highest BCUT2D eigenvalue weighted by Gasteiger charge is 2.38. The summed E-state index contributed by atoms with van der Waals surface area (Å²) in [7, 11) is 0. The molecule has 3 N–H and O–H groups in total. The minimum absolute atomic E-state index is 0.0530. The number of morpholine rings is 1. The summed E-state index contributed by atoms with van der Waals surface area (Å²) in [5, 5.41) is 2.82. The molecule has 0 aromatic heterocycles. The predicted octanol–water partition coefficient (Wildman–Crippen LogP) is -0.837. The van der Waals surface area contributed by atoms with Gasteiger partial charge in [-0.25, -0.2) is 0 Å². The van der Waals surface area contributed by atoms with E-state index in [0.717, 1.165) is 58.7 Å². The quantitative estimate of drug-likeness (QED) is 0.704. The molecular weight excluding hydrogens is 296 g/mol. The Morgan fingerprint density at radius 3 is 2.78 bits per heavy atom. The molecule has 0 aliphatic carbocycles. The lowest BCUT2D eigenvalue weighted by Crippen LogP contribution is -2.56. The van der Waals surface area contributed by atoms with Crippen LogP contribution in [0.4, 0.5) is 0 Å². The van der Waals surface area contributed by atoms with Gasteiger partial charge in [0.1, 0.15) is 0 Å². The summed E-state index contributed by atoms with van der Waals surface area (Å²) in [5.41, 5.74) is 6.17. The number of nitrogens with two attached hydrogens (primary N) is 1. The predicted molar refractivity (Wildman–Crippen MR) is 85.7 cm³/mol. The smallest absolute Gasteiger partial charge is 0.240 e. The van der Waals surface area contributed by atoms with Gasteiger partial charge in [-0.15, -0.1) is 0 Å². The number of carbonyl (C=O) groups excluding carboxylic acids is 2. The Balaban J connectivity index is 1.59. The van der Waals surface area contributed by atoms with E-state index in [9.17, 15) is 9.59 Å². The lowest BCUT2D eigenvalue weighted by molar-refractivity contribution is -0.140. The van der Waals surface area contributed by atoms with Gasteiger partial charge in [-0.2, -0.15) is 0 Å².